The first-order valence-corrected chi connectivity index (χ1v) is 10.9. The van der Waals surface area contributed by atoms with Gasteiger partial charge in [0.15, 0.2) is 0 Å². The number of aryl methyl sites for hydroxylation is 3. The number of methoxy groups -OCH3 is 1. The van der Waals surface area contributed by atoms with E-state index in [2.05, 4.69) is 47.2 Å². The number of para-hydroxylation sites is 1. The Hall–Kier alpha value is -3.25. The van der Waals surface area contributed by atoms with E-state index in [-0.39, 0.29) is 24.0 Å². The Morgan fingerprint density at radius 1 is 1.12 bits per heavy atom. The van der Waals surface area contributed by atoms with Crippen molar-refractivity contribution in [2.24, 2.45) is 0 Å². The molecule has 1 aliphatic heterocycles. The highest BCUT2D eigenvalue weighted by Gasteiger charge is 2.38. The molecule has 1 saturated heterocycles. The van der Waals surface area contributed by atoms with Gasteiger partial charge in [0.25, 0.3) is 5.91 Å². The van der Waals surface area contributed by atoms with Crippen LogP contribution in [0, 0.1) is 20.8 Å². The van der Waals surface area contributed by atoms with Gasteiger partial charge in [-0.25, -0.2) is 0 Å². The van der Waals surface area contributed by atoms with Crippen molar-refractivity contribution in [2.45, 2.75) is 45.8 Å². The molecule has 166 valence electrons. The number of hydrogen-bond donors (Lipinski definition) is 1. The number of nitrogens with one attached hydrogen (secondary N) is 1. The molecule has 32 heavy (non-hydrogen) atoms. The molecule has 0 bridgehead atoms. The fraction of sp³-hybridized carbons (Fsp3) is 0.346. The van der Waals surface area contributed by atoms with Gasteiger partial charge in [-0.1, -0.05) is 42.0 Å². The molecule has 4 rings (SSSR count). The van der Waals surface area contributed by atoms with Crippen LogP contribution in [-0.2, 0) is 16.1 Å². The van der Waals surface area contributed by atoms with Gasteiger partial charge in [-0.3, -0.25) is 19.5 Å². The third-order valence-corrected chi connectivity index (χ3v) is 6.18. The lowest BCUT2D eigenvalue weighted by molar-refractivity contribution is -0.146. The SMILES string of the molecule is COC(=O)[C@@H]1C[C@@H](NC(=O)c2cc(C)nc3ccccc23)CN1Cc1cc(C)ccc1C. The van der Waals surface area contributed by atoms with Gasteiger partial charge in [0, 0.05) is 30.2 Å². The smallest absolute Gasteiger partial charge is 0.323 e. The van der Waals surface area contributed by atoms with Crippen LogP contribution in [0.3, 0.4) is 0 Å². The Labute approximate surface area is 188 Å². The summed E-state index contributed by atoms with van der Waals surface area (Å²) in [5, 5.41) is 3.97. The molecule has 0 aliphatic carbocycles. The van der Waals surface area contributed by atoms with Gasteiger partial charge in [-0.15, -0.1) is 0 Å². The Morgan fingerprint density at radius 2 is 1.91 bits per heavy atom. The maximum atomic E-state index is 13.2. The van der Waals surface area contributed by atoms with Crippen LogP contribution in [0.1, 0.15) is 39.2 Å². The van der Waals surface area contributed by atoms with Gasteiger partial charge in [0.05, 0.1) is 18.2 Å². The van der Waals surface area contributed by atoms with Crippen molar-refractivity contribution in [3.8, 4) is 0 Å². The van der Waals surface area contributed by atoms with E-state index in [1.807, 2.05) is 37.3 Å². The second-order valence-corrected chi connectivity index (χ2v) is 8.63. The standard InChI is InChI=1S/C26H29N3O3/c1-16-9-10-17(2)19(11-16)14-29-15-20(13-24(29)26(31)32-4)28-25(30)22-12-18(3)27-23-8-6-5-7-21(22)23/h5-12,20,24H,13-15H2,1-4H3,(H,28,30)/t20-,24+/m1/s1. The minimum atomic E-state index is -0.388. The molecule has 1 N–H and O–H groups in total. The van der Waals surface area contributed by atoms with Crippen LogP contribution >= 0.6 is 0 Å². The van der Waals surface area contributed by atoms with Gasteiger partial charge in [0.2, 0.25) is 0 Å². The molecular formula is C26H29N3O3. The van der Waals surface area contributed by atoms with Gasteiger partial charge < -0.3 is 10.1 Å². The molecule has 1 amide bonds. The first kappa shape index (κ1) is 22.0. The maximum Gasteiger partial charge on any atom is 0.323 e. The molecule has 0 saturated carbocycles. The van der Waals surface area contributed by atoms with Crippen LogP contribution < -0.4 is 5.32 Å². The molecule has 0 spiro atoms. The normalized spacial score (nSPS) is 18.6. The van der Waals surface area contributed by atoms with E-state index in [1.54, 1.807) is 0 Å². The minimum Gasteiger partial charge on any atom is -0.468 e. The number of nitrogens with zero attached hydrogens (tertiary/aromatic N) is 2. The average molecular weight is 432 g/mol. The highest BCUT2D eigenvalue weighted by Crippen LogP contribution is 2.25. The molecule has 1 fully saturated rings. The Kier molecular flexibility index (Phi) is 6.24. The number of aromatic nitrogens is 1. The number of rotatable bonds is 5. The first-order chi connectivity index (χ1) is 15.4. The summed E-state index contributed by atoms with van der Waals surface area (Å²) in [4.78, 5) is 32.3. The van der Waals surface area contributed by atoms with Crippen molar-refractivity contribution in [2.75, 3.05) is 13.7 Å². The Morgan fingerprint density at radius 3 is 2.69 bits per heavy atom. The predicted molar refractivity (Wildman–Crippen MR) is 124 cm³/mol. The number of carbonyl (C=O) groups is 2. The van der Waals surface area contributed by atoms with Crippen molar-refractivity contribution >= 4 is 22.8 Å². The van der Waals surface area contributed by atoms with Crippen LogP contribution in [0.25, 0.3) is 10.9 Å². The summed E-state index contributed by atoms with van der Waals surface area (Å²) in [6, 6.07) is 15.3. The quantitative estimate of drug-likeness (QED) is 0.624. The summed E-state index contributed by atoms with van der Waals surface area (Å²) < 4.78 is 5.07. The largest absolute Gasteiger partial charge is 0.468 e. The van der Waals surface area contributed by atoms with Crippen molar-refractivity contribution in [1.29, 1.82) is 0 Å². The Balaban J connectivity index is 1.55. The third-order valence-electron chi connectivity index (χ3n) is 6.18. The molecule has 2 aromatic carbocycles. The maximum absolute atomic E-state index is 13.2. The van der Waals surface area contributed by atoms with Crippen molar-refractivity contribution in [3.63, 3.8) is 0 Å². The lowest BCUT2D eigenvalue weighted by atomic mass is 10.0. The summed E-state index contributed by atoms with van der Waals surface area (Å²) in [7, 11) is 1.41. The molecule has 0 radical (unpaired) electrons. The summed E-state index contributed by atoms with van der Waals surface area (Å²) in [5.74, 6) is -0.411. The number of ether oxygens (including phenoxy) is 1. The van der Waals surface area contributed by atoms with Crippen LogP contribution in [0.15, 0.2) is 48.5 Å². The van der Waals surface area contributed by atoms with Crippen LogP contribution in [0.2, 0.25) is 0 Å². The monoisotopic (exact) mass is 431 g/mol. The van der Waals surface area contributed by atoms with E-state index in [4.69, 9.17) is 4.74 Å². The van der Waals surface area contributed by atoms with Crippen LogP contribution in [0.4, 0.5) is 0 Å². The van der Waals surface area contributed by atoms with E-state index < -0.39 is 0 Å². The summed E-state index contributed by atoms with van der Waals surface area (Å²) in [5.41, 5.74) is 5.75. The van der Waals surface area contributed by atoms with Crippen LogP contribution in [-0.4, -0.2) is 47.5 Å². The number of amides is 1. The number of benzene rings is 2. The van der Waals surface area contributed by atoms with Crippen molar-refractivity contribution in [3.05, 3.63) is 76.5 Å². The van der Waals surface area contributed by atoms with Gasteiger partial charge in [-0.05, 0) is 50.5 Å². The molecule has 3 aromatic rings. The average Bonchev–Trinajstić information content (AvgIpc) is 3.17. The third kappa shape index (κ3) is 4.50. The molecule has 0 unspecified atom stereocenters. The van der Waals surface area contributed by atoms with E-state index in [0.717, 1.165) is 16.6 Å². The highest BCUT2D eigenvalue weighted by molar-refractivity contribution is 6.06. The van der Waals surface area contributed by atoms with Crippen LogP contribution in [0.5, 0.6) is 0 Å². The highest BCUT2D eigenvalue weighted by atomic mass is 16.5. The van der Waals surface area contributed by atoms with Crippen molar-refractivity contribution < 1.29 is 14.3 Å². The second-order valence-electron chi connectivity index (χ2n) is 8.63. The van der Waals surface area contributed by atoms with Gasteiger partial charge >= 0.3 is 5.97 Å². The lowest BCUT2D eigenvalue weighted by Crippen LogP contribution is -2.38. The van der Waals surface area contributed by atoms with E-state index in [1.165, 1.54) is 23.8 Å². The zero-order valence-corrected chi connectivity index (χ0v) is 19.0. The summed E-state index contributed by atoms with van der Waals surface area (Å²) in [6.45, 7) is 7.25. The molecule has 6 heteroatoms. The number of carbonyl (C=O) groups excluding carboxylic acids is 2. The fourth-order valence-electron chi connectivity index (χ4n) is 4.51. The second kappa shape index (κ2) is 9.09. The number of esters is 1. The lowest BCUT2D eigenvalue weighted by Gasteiger charge is -2.23. The van der Waals surface area contributed by atoms with E-state index in [9.17, 15) is 9.59 Å². The van der Waals surface area contributed by atoms with Crippen molar-refractivity contribution in [1.82, 2.24) is 15.2 Å². The Bertz CT molecular complexity index is 1170. The zero-order valence-electron chi connectivity index (χ0n) is 19.0. The number of fused-ring (bicyclic) bond motifs is 1. The number of pyridine rings is 1. The molecular weight excluding hydrogens is 402 g/mol. The first-order valence-electron chi connectivity index (χ1n) is 10.9. The molecule has 2 heterocycles. The van der Waals surface area contributed by atoms with E-state index >= 15 is 0 Å². The number of hydrogen-bond acceptors (Lipinski definition) is 5. The molecule has 1 aromatic heterocycles. The predicted octanol–water partition coefficient (Wildman–Crippen LogP) is 3.71. The topological polar surface area (TPSA) is 71.5 Å². The minimum absolute atomic E-state index is 0.145. The van der Waals surface area contributed by atoms with E-state index in [0.29, 0.717) is 25.1 Å². The zero-order chi connectivity index (χ0) is 22.8. The molecule has 2 atom stereocenters. The van der Waals surface area contributed by atoms with Gasteiger partial charge in [-0.2, -0.15) is 0 Å². The molecule has 1 aliphatic rings. The summed E-state index contributed by atoms with van der Waals surface area (Å²) >= 11 is 0. The fourth-order valence-corrected chi connectivity index (χ4v) is 4.51. The number of likely N-dealkylation sites (tertiary alicyclic amines) is 1. The van der Waals surface area contributed by atoms with Gasteiger partial charge in [0.1, 0.15) is 6.04 Å². The summed E-state index contributed by atoms with van der Waals surface area (Å²) in [6.07, 6.45) is 0.519. The molecule has 6 nitrogen and oxygen atoms in total.